The molecule has 0 amide bonds. The van der Waals surface area contributed by atoms with Gasteiger partial charge < -0.3 is 29.3 Å². The zero-order valence-corrected chi connectivity index (χ0v) is 22.8. The molecule has 1 saturated heterocycles. The van der Waals surface area contributed by atoms with Crippen molar-refractivity contribution in [1.29, 1.82) is 0 Å². The van der Waals surface area contributed by atoms with Crippen molar-refractivity contribution in [2.75, 3.05) is 52.0 Å². The number of hydrogen-bond donors (Lipinski definition) is 1. The Hall–Kier alpha value is -4.44. The molecule has 206 valence electrons. The first-order chi connectivity index (χ1) is 19.7. The van der Waals surface area contributed by atoms with Gasteiger partial charge in [-0.2, -0.15) is 0 Å². The number of aromatic nitrogens is 2. The Balaban J connectivity index is 1.27. The molecule has 40 heavy (non-hydrogen) atoms. The van der Waals surface area contributed by atoms with Crippen LogP contribution < -0.4 is 19.7 Å². The van der Waals surface area contributed by atoms with Gasteiger partial charge in [-0.15, -0.1) is 0 Å². The molecule has 1 aromatic heterocycles. The molecule has 1 N–H and O–H groups in total. The van der Waals surface area contributed by atoms with E-state index in [4.69, 9.17) is 29.2 Å². The van der Waals surface area contributed by atoms with E-state index in [1.54, 1.807) is 14.2 Å². The van der Waals surface area contributed by atoms with Crippen molar-refractivity contribution in [1.82, 2.24) is 20.2 Å². The van der Waals surface area contributed by atoms with E-state index >= 15 is 0 Å². The van der Waals surface area contributed by atoms with Crippen molar-refractivity contribution >= 4 is 17.7 Å². The maximum atomic E-state index is 5.53. The normalized spacial score (nSPS) is 18.2. The molecular weight excluding hydrogens is 506 g/mol. The molecule has 0 bridgehead atoms. The highest BCUT2D eigenvalue weighted by atomic mass is 16.5. The van der Waals surface area contributed by atoms with E-state index in [1.165, 1.54) is 0 Å². The van der Waals surface area contributed by atoms with Crippen LogP contribution in [-0.4, -0.2) is 73.7 Å². The Morgan fingerprint density at radius 1 is 0.900 bits per heavy atom. The third kappa shape index (κ3) is 5.62. The predicted octanol–water partition coefficient (Wildman–Crippen LogP) is 3.37. The molecule has 4 heterocycles. The monoisotopic (exact) mass is 539 g/mol. The average molecular weight is 540 g/mol. The Labute approximate surface area is 234 Å². The summed E-state index contributed by atoms with van der Waals surface area (Å²) in [6.07, 6.45) is 5.91. The highest BCUT2D eigenvalue weighted by Crippen LogP contribution is 2.32. The lowest BCUT2D eigenvalue weighted by Crippen LogP contribution is -2.51. The fourth-order valence-electron chi connectivity index (χ4n) is 5.03. The Morgan fingerprint density at radius 2 is 1.50 bits per heavy atom. The molecule has 3 aromatic rings. The minimum Gasteiger partial charge on any atom is -0.497 e. The second-order valence-corrected chi connectivity index (χ2v) is 9.80. The molecule has 6 rings (SSSR count). The van der Waals surface area contributed by atoms with Gasteiger partial charge in [0, 0.05) is 49.7 Å². The average Bonchev–Trinajstić information content (AvgIpc) is 3.50. The van der Waals surface area contributed by atoms with E-state index in [0.717, 1.165) is 58.6 Å². The third-order valence-electron chi connectivity index (χ3n) is 7.24. The van der Waals surface area contributed by atoms with Crippen molar-refractivity contribution < 1.29 is 14.2 Å². The first-order valence-electron chi connectivity index (χ1n) is 13.5. The number of aliphatic imine (C=N–C) groups is 2. The van der Waals surface area contributed by atoms with E-state index < -0.39 is 0 Å². The van der Waals surface area contributed by atoms with Crippen LogP contribution in [0, 0.1) is 0 Å². The minimum absolute atomic E-state index is 0.203. The summed E-state index contributed by atoms with van der Waals surface area (Å²) in [5, 5.41) is 3.42. The lowest BCUT2D eigenvalue weighted by atomic mass is 10.00. The summed E-state index contributed by atoms with van der Waals surface area (Å²) in [6.45, 7) is 4.91. The molecular formula is C30H33N7O3. The van der Waals surface area contributed by atoms with E-state index in [0.29, 0.717) is 38.8 Å². The molecule has 1 unspecified atom stereocenters. The van der Waals surface area contributed by atoms with Crippen molar-refractivity contribution in [3.63, 3.8) is 0 Å². The van der Waals surface area contributed by atoms with Gasteiger partial charge >= 0.3 is 0 Å². The molecule has 0 saturated carbocycles. The second kappa shape index (κ2) is 11.7. The summed E-state index contributed by atoms with van der Waals surface area (Å²) < 4.78 is 16.2. The molecule has 2 aromatic carbocycles. The molecule has 0 aliphatic carbocycles. The SMILES string of the molecule is COc1ccc(CN(Cc2ccc(OC)cc2)c2ncc(C3N=C(N4CCOCC4)NC4=NCC=C43)cn2)cc1. The van der Waals surface area contributed by atoms with Crippen LogP contribution in [0.3, 0.4) is 0 Å². The number of guanidine groups is 1. The van der Waals surface area contributed by atoms with Crippen LogP contribution in [0.1, 0.15) is 22.7 Å². The summed E-state index contributed by atoms with van der Waals surface area (Å²) in [4.78, 5) is 23.8. The van der Waals surface area contributed by atoms with Crippen LogP contribution in [0.25, 0.3) is 0 Å². The van der Waals surface area contributed by atoms with Crippen LogP contribution in [0.15, 0.2) is 82.6 Å². The Kier molecular flexibility index (Phi) is 7.58. The molecule has 0 spiro atoms. The Bertz CT molecular complexity index is 1350. The largest absolute Gasteiger partial charge is 0.497 e. The molecule has 1 atom stereocenters. The number of nitrogens with zero attached hydrogens (tertiary/aromatic N) is 6. The van der Waals surface area contributed by atoms with Crippen molar-refractivity contribution in [2.45, 2.75) is 19.1 Å². The minimum atomic E-state index is -0.203. The highest BCUT2D eigenvalue weighted by Gasteiger charge is 2.32. The quantitative estimate of drug-likeness (QED) is 0.466. The maximum Gasteiger partial charge on any atom is 0.225 e. The predicted molar refractivity (Wildman–Crippen MR) is 154 cm³/mol. The summed E-state index contributed by atoms with van der Waals surface area (Å²) >= 11 is 0. The number of hydrogen-bond acceptors (Lipinski definition) is 10. The lowest BCUT2D eigenvalue weighted by Gasteiger charge is -2.34. The number of anilines is 1. The van der Waals surface area contributed by atoms with Gasteiger partial charge in [0.25, 0.3) is 0 Å². The number of fused-ring (bicyclic) bond motifs is 1. The van der Waals surface area contributed by atoms with Crippen LogP contribution >= 0.6 is 0 Å². The number of amidine groups is 1. The standard InChI is InChI=1S/C30H33N7O3/c1-38-24-7-3-21(4-8-24)19-37(20-22-5-9-25(39-2)10-6-22)29-32-17-23(18-33-29)27-26-11-12-31-28(26)35-30(34-27)36-13-15-40-16-14-36/h3-11,17-18,27H,12-16,19-20H2,1-2H3,(H,31,34,35). The molecule has 3 aliphatic rings. The van der Waals surface area contributed by atoms with Gasteiger partial charge in [-0.05, 0) is 35.4 Å². The number of ether oxygens (including phenoxy) is 3. The van der Waals surface area contributed by atoms with Gasteiger partial charge in [0.2, 0.25) is 11.9 Å². The van der Waals surface area contributed by atoms with E-state index in [9.17, 15) is 0 Å². The smallest absolute Gasteiger partial charge is 0.225 e. The zero-order valence-electron chi connectivity index (χ0n) is 22.8. The first kappa shape index (κ1) is 25.8. The molecule has 0 radical (unpaired) electrons. The van der Waals surface area contributed by atoms with Crippen LogP contribution in [-0.2, 0) is 17.8 Å². The number of rotatable bonds is 8. The molecule has 10 heteroatoms. The van der Waals surface area contributed by atoms with E-state index in [1.807, 2.05) is 36.7 Å². The highest BCUT2D eigenvalue weighted by molar-refractivity contribution is 6.12. The van der Waals surface area contributed by atoms with Crippen LogP contribution in [0.4, 0.5) is 5.95 Å². The molecule has 1 fully saturated rings. The lowest BCUT2D eigenvalue weighted by molar-refractivity contribution is 0.0667. The third-order valence-corrected chi connectivity index (χ3v) is 7.24. The van der Waals surface area contributed by atoms with Crippen molar-refractivity contribution in [3.8, 4) is 11.5 Å². The summed E-state index contributed by atoms with van der Waals surface area (Å²) in [5.74, 6) is 4.02. The van der Waals surface area contributed by atoms with Crippen LogP contribution in [0.2, 0.25) is 0 Å². The fraction of sp³-hybridized carbons (Fsp3) is 0.333. The van der Waals surface area contributed by atoms with Crippen molar-refractivity contribution in [3.05, 3.63) is 89.3 Å². The second-order valence-electron chi connectivity index (χ2n) is 9.80. The molecule has 10 nitrogen and oxygen atoms in total. The van der Waals surface area contributed by atoms with Gasteiger partial charge in [0.05, 0.1) is 34.0 Å². The number of benzene rings is 2. The van der Waals surface area contributed by atoms with Gasteiger partial charge in [0.15, 0.2) is 0 Å². The van der Waals surface area contributed by atoms with Crippen molar-refractivity contribution in [2.24, 2.45) is 9.98 Å². The van der Waals surface area contributed by atoms with Gasteiger partial charge in [-0.3, -0.25) is 4.99 Å². The summed E-state index contributed by atoms with van der Waals surface area (Å²) in [7, 11) is 3.35. The Morgan fingerprint density at radius 3 is 2.08 bits per heavy atom. The topological polar surface area (TPSA) is 96.7 Å². The first-order valence-corrected chi connectivity index (χ1v) is 13.5. The van der Waals surface area contributed by atoms with Crippen LogP contribution in [0.5, 0.6) is 11.5 Å². The summed E-state index contributed by atoms with van der Waals surface area (Å²) in [5.41, 5.74) is 4.28. The number of nitrogens with one attached hydrogen (secondary N) is 1. The number of morpholine rings is 1. The zero-order chi connectivity index (χ0) is 27.3. The number of methoxy groups -OCH3 is 2. The van der Waals surface area contributed by atoms with Gasteiger partial charge in [-0.25, -0.2) is 15.0 Å². The van der Waals surface area contributed by atoms with E-state index in [-0.39, 0.29) is 6.04 Å². The maximum absolute atomic E-state index is 5.53. The summed E-state index contributed by atoms with van der Waals surface area (Å²) in [6, 6.07) is 16.0. The van der Waals surface area contributed by atoms with Gasteiger partial charge in [0.1, 0.15) is 23.4 Å². The molecule has 3 aliphatic heterocycles. The van der Waals surface area contributed by atoms with Gasteiger partial charge in [-0.1, -0.05) is 30.3 Å². The van der Waals surface area contributed by atoms with E-state index in [2.05, 4.69) is 50.5 Å². The fourth-order valence-corrected chi connectivity index (χ4v) is 5.03.